The molecule has 5 aliphatic rings. The van der Waals surface area contributed by atoms with Gasteiger partial charge in [0.25, 0.3) is 5.91 Å². The minimum absolute atomic E-state index is 0.00849. The fourth-order valence-electron chi connectivity index (χ4n) is 7.20. The number of nitrogens with one attached hydrogen (secondary N) is 1. The first-order chi connectivity index (χ1) is 19.5. The van der Waals surface area contributed by atoms with Gasteiger partial charge in [-0.05, 0) is 61.4 Å². The molecule has 40 heavy (non-hydrogen) atoms. The zero-order valence-corrected chi connectivity index (χ0v) is 23.0. The highest BCUT2D eigenvalue weighted by atomic mass is 16.5. The zero-order valence-electron chi connectivity index (χ0n) is 23.0. The Labute approximate surface area is 234 Å². The number of carbonyl (C=O) groups excluding carboxylic acids is 3. The number of fused-ring (bicyclic) bond motifs is 1. The van der Waals surface area contributed by atoms with Crippen molar-refractivity contribution in [2.75, 3.05) is 44.2 Å². The van der Waals surface area contributed by atoms with E-state index in [1.54, 1.807) is 0 Å². The fraction of sp³-hybridized carbons (Fsp3) is 0.690. The minimum Gasteiger partial charge on any atom is -0.369 e. The lowest BCUT2D eigenvalue weighted by molar-refractivity contribution is -0.139. The molecule has 1 N–H and O–H groups in total. The number of hydrogen-bond acceptors (Lipinski definition) is 7. The quantitative estimate of drug-likeness (QED) is 0.316. The molecule has 3 heterocycles. The second kappa shape index (κ2) is 11.8. The number of benzene rings is 1. The normalized spacial score (nSPS) is 28.5. The second-order valence-electron chi connectivity index (χ2n) is 12.0. The molecule has 11 nitrogen and oxygen atoms in total. The van der Waals surface area contributed by atoms with Crippen LogP contribution in [0.3, 0.4) is 0 Å². The molecule has 0 spiro atoms. The number of carbonyl (C=O) groups is 3. The summed E-state index contributed by atoms with van der Waals surface area (Å²) in [4.78, 5) is 49.4. The van der Waals surface area contributed by atoms with Crippen molar-refractivity contribution in [3.05, 3.63) is 40.3 Å². The average molecular weight is 550 g/mol. The molecule has 2 saturated carbocycles. The molecular weight excluding hydrogens is 510 g/mol. The third kappa shape index (κ3) is 5.30. The van der Waals surface area contributed by atoms with Crippen LogP contribution in [-0.2, 0) is 14.3 Å². The summed E-state index contributed by atoms with van der Waals surface area (Å²) in [5.41, 5.74) is 10.6. The van der Waals surface area contributed by atoms with Gasteiger partial charge in [0.05, 0.1) is 12.1 Å². The van der Waals surface area contributed by atoms with Gasteiger partial charge in [-0.2, -0.15) is 0 Å². The van der Waals surface area contributed by atoms with Crippen LogP contribution in [0.2, 0.25) is 0 Å². The van der Waals surface area contributed by atoms with Crippen LogP contribution >= 0.6 is 0 Å². The molecule has 0 aromatic heterocycles. The summed E-state index contributed by atoms with van der Waals surface area (Å²) in [5.74, 6) is -0.773. The van der Waals surface area contributed by atoms with E-state index in [9.17, 15) is 14.4 Å². The molecule has 4 atom stereocenters. The standard InChI is InChI=1S/C29H39N7O4/c30-33-32-23-17-36(26-24(37)18-40-27(23)26)29(39)25(19-5-2-1-3-6-19)31-28(38)20-9-11-22(12-10-20)35-15-13-34(14-16-35)21-7-4-8-21/h9-12,19,21,23,25-27H,1-8,13-18H2,(H,31,38)/t23-,25+,26-,27-/m1/s1. The number of ketones is 1. The molecule has 5 fully saturated rings. The smallest absolute Gasteiger partial charge is 0.251 e. The maximum absolute atomic E-state index is 14.0. The van der Waals surface area contributed by atoms with Gasteiger partial charge in [0.15, 0.2) is 5.78 Å². The Kier molecular flexibility index (Phi) is 7.96. The number of ether oxygens (including phenoxy) is 1. The van der Waals surface area contributed by atoms with Crippen LogP contribution in [0.5, 0.6) is 0 Å². The van der Waals surface area contributed by atoms with Crippen LogP contribution in [0.15, 0.2) is 29.4 Å². The van der Waals surface area contributed by atoms with Gasteiger partial charge < -0.3 is 19.9 Å². The van der Waals surface area contributed by atoms with Gasteiger partial charge in [-0.3, -0.25) is 19.3 Å². The van der Waals surface area contributed by atoms with E-state index >= 15 is 0 Å². The molecular formula is C29H39N7O4. The third-order valence-corrected chi connectivity index (χ3v) is 9.71. The first-order valence-corrected chi connectivity index (χ1v) is 14.9. The van der Waals surface area contributed by atoms with Crippen LogP contribution in [0, 0.1) is 5.92 Å². The highest BCUT2D eigenvalue weighted by Gasteiger charge is 2.53. The molecule has 2 aliphatic carbocycles. The van der Waals surface area contributed by atoms with Gasteiger partial charge in [-0.1, -0.05) is 30.8 Å². The van der Waals surface area contributed by atoms with Gasteiger partial charge in [-0.15, -0.1) is 0 Å². The van der Waals surface area contributed by atoms with Crippen molar-refractivity contribution in [1.29, 1.82) is 0 Å². The van der Waals surface area contributed by atoms with Crippen molar-refractivity contribution in [2.45, 2.75) is 81.6 Å². The lowest BCUT2D eigenvalue weighted by Crippen LogP contribution is -2.55. The Morgan fingerprint density at radius 1 is 1.00 bits per heavy atom. The number of hydrogen-bond donors (Lipinski definition) is 1. The molecule has 1 aromatic rings. The number of rotatable bonds is 7. The lowest BCUT2D eigenvalue weighted by atomic mass is 9.83. The van der Waals surface area contributed by atoms with Crippen molar-refractivity contribution in [3.63, 3.8) is 0 Å². The van der Waals surface area contributed by atoms with E-state index in [0.717, 1.165) is 70.0 Å². The molecule has 214 valence electrons. The summed E-state index contributed by atoms with van der Waals surface area (Å²) in [6.45, 7) is 4.13. The average Bonchev–Trinajstić information content (AvgIpc) is 3.52. The Hall–Kier alpha value is -3.14. The number of piperazine rings is 1. The van der Waals surface area contributed by atoms with Crippen molar-refractivity contribution in [3.8, 4) is 0 Å². The maximum Gasteiger partial charge on any atom is 0.251 e. The van der Waals surface area contributed by atoms with Gasteiger partial charge in [0.1, 0.15) is 18.7 Å². The molecule has 0 unspecified atom stereocenters. The minimum atomic E-state index is -0.768. The van der Waals surface area contributed by atoms with Crippen LogP contribution in [0.25, 0.3) is 10.4 Å². The SMILES string of the molecule is [N-]=[N+]=N[C@@H]1CN(C(=O)[C@@H](NC(=O)c2ccc(N3CCN(C4CCC4)CC3)cc2)C2CCCCC2)[C@@H]2C(=O)CO[C@@H]21. The van der Waals surface area contributed by atoms with E-state index in [0.29, 0.717) is 5.56 Å². The Morgan fingerprint density at radius 2 is 1.73 bits per heavy atom. The molecule has 6 rings (SSSR count). The van der Waals surface area contributed by atoms with E-state index in [4.69, 9.17) is 10.3 Å². The molecule has 1 aromatic carbocycles. The van der Waals surface area contributed by atoms with Crippen LogP contribution < -0.4 is 10.2 Å². The van der Waals surface area contributed by atoms with E-state index in [2.05, 4.69) is 25.1 Å². The zero-order chi connectivity index (χ0) is 27.6. The van der Waals surface area contributed by atoms with Gasteiger partial charge in [0.2, 0.25) is 5.91 Å². The summed E-state index contributed by atoms with van der Waals surface area (Å²) < 4.78 is 5.60. The monoisotopic (exact) mass is 549 g/mol. The van der Waals surface area contributed by atoms with Crippen molar-refractivity contribution in [1.82, 2.24) is 15.1 Å². The molecule has 2 amide bonds. The first kappa shape index (κ1) is 27.1. The predicted octanol–water partition coefficient (Wildman–Crippen LogP) is 2.90. The summed E-state index contributed by atoms with van der Waals surface area (Å²) in [5, 5.41) is 6.84. The predicted molar refractivity (Wildman–Crippen MR) is 149 cm³/mol. The van der Waals surface area contributed by atoms with Gasteiger partial charge in [0, 0.05) is 54.9 Å². The van der Waals surface area contributed by atoms with Gasteiger partial charge in [-0.25, -0.2) is 0 Å². The van der Waals surface area contributed by atoms with Crippen molar-refractivity contribution >= 4 is 23.3 Å². The maximum atomic E-state index is 14.0. The topological polar surface area (TPSA) is 131 Å². The van der Waals surface area contributed by atoms with E-state index < -0.39 is 24.2 Å². The van der Waals surface area contributed by atoms with Gasteiger partial charge >= 0.3 is 0 Å². The number of amides is 2. The van der Waals surface area contributed by atoms with Crippen LogP contribution in [-0.4, -0.2) is 97.0 Å². The summed E-state index contributed by atoms with van der Waals surface area (Å²) in [6, 6.07) is 6.30. The lowest BCUT2D eigenvalue weighted by Gasteiger charge is -2.43. The largest absolute Gasteiger partial charge is 0.369 e. The summed E-state index contributed by atoms with van der Waals surface area (Å²) >= 11 is 0. The summed E-state index contributed by atoms with van der Waals surface area (Å²) in [7, 11) is 0. The van der Waals surface area contributed by atoms with E-state index in [-0.39, 0.29) is 36.7 Å². The number of Topliss-reactive ketones (excluding diaryl/α,β-unsaturated/α-hetero) is 1. The fourth-order valence-corrected chi connectivity index (χ4v) is 7.20. The Morgan fingerprint density at radius 3 is 2.38 bits per heavy atom. The molecule has 3 saturated heterocycles. The molecule has 11 heteroatoms. The second-order valence-corrected chi connectivity index (χ2v) is 12.0. The van der Waals surface area contributed by atoms with Crippen LogP contribution in [0.4, 0.5) is 5.69 Å². The molecule has 3 aliphatic heterocycles. The summed E-state index contributed by atoms with van der Waals surface area (Å²) in [6.07, 6.45) is 8.18. The molecule has 0 radical (unpaired) electrons. The van der Waals surface area contributed by atoms with E-state index in [1.807, 2.05) is 24.3 Å². The van der Waals surface area contributed by atoms with Crippen LogP contribution in [0.1, 0.15) is 61.7 Å². The van der Waals surface area contributed by atoms with Crippen molar-refractivity contribution in [2.24, 2.45) is 11.0 Å². The molecule has 0 bridgehead atoms. The number of likely N-dealkylation sites (tertiary alicyclic amines) is 1. The third-order valence-electron chi connectivity index (χ3n) is 9.71. The highest BCUT2D eigenvalue weighted by molar-refractivity contribution is 5.99. The number of nitrogens with zero attached hydrogens (tertiary/aromatic N) is 6. The van der Waals surface area contributed by atoms with Crippen molar-refractivity contribution < 1.29 is 19.1 Å². The van der Waals surface area contributed by atoms with E-state index in [1.165, 1.54) is 24.2 Å². The Balaban J connectivity index is 1.14. The highest BCUT2D eigenvalue weighted by Crippen LogP contribution is 2.33. The number of azide groups is 1. The Bertz CT molecular complexity index is 1150. The number of anilines is 1. The first-order valence-electron chi connectivity index (χ1n) is 14.9.